The van der Waals surface area contributed by atoms with Crippen molar-refractivity contribution in [3.05, 3.63) is 169 Å². The summed E-state index contributed by atoms with van der Waals surface area (Å²) in [6.45, 7) is 4.03. The van der Waals surface area contributed by atoms with Crippen LogP contribution in [0.25, 0.3) is 66.8 Å². The molecule has 0 spiro atoms. The van der Waals surface area contributed by atoms with Crippen LogP contribution in [-0.2, 0) is 0 Å². The molecule has 0 saturated heterocycles. The molecule has 2 aromatic heterocycles. The van der Waals surface area contributed by atoms with Crippen molar-refractivity contribution < 1.29 is 0 Å². The van der Waals surface area contributed by atoms with Gasteiger partial charge < -0.3 is 0 Å². The number of nitrogens with zero attached hydrogens (tertiary/aromatic N) is 2. The summed E-state index contributed by atoms with van der Waals surface area (Å²) < 4.78 is 0. The topological polar surface area (TPSA) is 25.8 Å². The molecule has 5 aromatic carbocycles. The van der Waals surface area contributed by atoms with Gasteiger partial charge in [0.05, 0.1) is 0 Å². The second-order valence-corrected chi connectivity index (χ2v) is 11.2. The first-order valence-corrected chi connectivity index (χ1v) is 15.0. The summed E-state index contributed by atoms with van der Waals surface area (Å²) in [4.78, 5) is 9.00. The van der Waals surface area contributed by atoms with Crippen molar-refractivity contribution in [3.63, 3.8) is 0 Å². The summed E-state index contributed by atoms with van der Waals surface area (Å²) in [5.41, 5.74) is 16.2. The van der Waals surface area contributed by atoms with Crippen LogP contribution >= 0.6 is 0 Å². The Kier molecular flexibility index (Phi) is 7.40. The van der Waals surface area contributed by atoms with Crippen LogP contribution in [0.4, 0.5) is 0 Å². The SMILES string of the molecule is Cc1ccc(-c2ccc(-c3cc(-c4ccc(-c5ccc(C)nc5)cc4)c(-c4ccccc4)cc3-c3ccccc3)cc2)cn1. The van der Waals surface area contributed by atoms with E-state index in [9.17, 15) is 0 Å². The lowest BCUT2D eigenvalue weighted by Gasteiger charge is -2.19. The molecule has 2 heterocycles. The van der Waals surface area contributed by atoms with Gasteiger partial charge in [-0.2, -0.15) is 0 Å². The van der Waals surface area contributed by atoms with Gasteiger partial charge in [-0.25, -0.2) is 0 Å². The summed E-state index contributed by atoms with van der Waals surface area (Å²) in [7, 11) is 0. The highest BCUT2D eigenvalue weighted by Crippen LogP contribution is 2.42. The van der Waals surface area contributed by atoms with Crippen LogP contribution in [0, 0.1) is 13.8 Å². The zero-order chi connectivity index (χ0) is 29.9. The summed E-state index contributed by atoms with van der Waals surface area (Å²) in [6.07, 6.45) is 3.89. The minimum absolute atomic E-state index is 1.02. The van der Waals surface area contributed by atoms with Crippen LogP contribution in [0.15, 0.2) is 158 Å². The average Bonchev–Trinajstić information content (AvgIpc) is 3.09. The molecule has 2 nitrogen and oxygen atoms in total. The molecule has 7 aromatic rings. The highest BCUT2D eigenvalue weighted by molar-refractivity contribution is 5.95. The molecule has 7 rings (SSSR count). The zero-order valence-corrected chi connectivity index (χ0v) is 24.9. The van der Waals surface area contributed by atoms with Gasteiger partial charge in [-0.3, -0.25) is 9.97 Å². The predicted molar refractivity (Wildman–Crippen MR) is 184 cm³/mol. The van der Waals surface area contributed by atoms with Crippen molar-refractivity contribution in [2.45, 2.75) is 13.8 Å². The van der Waals surface area contributed by atoms with E-state index >= 15 is 0 Å². The van der Waals surface area contributed by atoms with Crippen molar-refractivity contribution in [1.82, 2.24) is 9.97 Å². The third kappa shape index (κ3) is 5.58. The summed E-state index contributed by atoms with van der Waals surface area (Å²) in [5, 5.41) is 0. The van der Waals surface area contributed by atoms with E-state index in [1.54, 1.807) is 0 Å². The number of hydrogen-bond donors (Lipinski definition) is 0. The molecule has 0 aliphatic rings. The molecule has 0 amide bonds. The Bertz CT molecular complexity index is 1860. The van der Waals surface area contributed by atoms with Gasteiger partial charge in [0.25, 0.3) is 0 Å². The fourth-order valence-corrected chi connectivity index (χ4v) is 5.75. The second-order valence-electron chi connectivity index (χ2n) is 11.2. The molecule has 2 heteroatoms. The number of benzene rings is 5. The first-order chi connectivity index (χ1) is 21.6. The molecule has 0 radical (unpaired) electrons. The van der Waals surface area contributed by atoms with Crippen molar-refractivity contribution in [2.75, 3.05) is 0 Å². The first-order valence-electron chi connectivity index (χ1n) is 15.0. The van der Waals surface area contributed by atoms with Crippen LogP contribution in [0.3, 0.4) is 0 Å². The molecule has 0 unspecified atom stereocenters. The number of aromatic nitrogens is 2. The highest BCUT2D eigenvalue weighted by atomic mass is 14.7. The second kappa shape index (κ2) is 11.9. The molecule has 0 aliphatic carbocycles. The molecule has 44 heavy (non-hydrogen) atoms. The minimum Gasteiger partial charge on any atom is -0.261 e. The van der Waals surface area contributed by atoms with Gasteiger partial charge in [-0.1, -0.05) is 121 Å². The fraction of sp³-hybridized carbons (Fsp3) is 0.0476. The van der Waals surface area contributed by atoms with Crippen LogP contribution < -0.4 is 0 Å². The number of aryl methyl sites for hydroxylation is 2. The Labute approximate surface area is 259 Å². The number of hydrogen-bond acceptors (Lipinski definition) is 2. The van der Waals surface area contributed by atoms with Gasteiger partial charge in [0, 0.05) is 34.9 Å². The van der Waals surface area contributed by atoms with Crippen LogP contribution in [0.5, 0.6) is 0 Å². The standard InChI is InChI=1S/C42H32N2/c1-29-13-15-37(27-43-29)31-17-21-35(22-18-31)41-26-42(36-23-19-32(20-24-36)38-16-14-30(2)44-28-38)40(34-11-7-4-8-12-34)25-39(41)33-9-5-3-6-10-33/h3-28H,1-2H3. The monoisotopic (exact) mass is 564 g/mol. The Morgan fingerprint density at radius 2 is 0.591 bits per heavy atom. The normalized spacial score (nSPS) is 11.0. The minimum atomic E-state index is 1.02. The van der Waals surface area contributed by atoms with Crippen molar-refractivity contribution in [2.24, 2.45) is 0 Å². The lowest BCUT2D eigenvalue weighted by molar-refractivity contribution is 1.20. The lowest BCUT2D eigenvalue weighted by atomic mass is 9.85. The number of pyridine rings is 2. The molecule has 0 aliphatic heterocycles. The molecule has 0 atom stereocenters. The van der Waals surface area contributed by atoms with Gasteiger partial charge in [0.15, 0.2) is 0 Å². The molecule has 0 N–H and O–H groups in total. The smallest absolute Gasteiger partial charge is 0.0373 e. The van der Waals surface area contributed by atoms with Crippen molar-refractivity contribution >= 4 is 0 Å². The van der Waals surface area contributed by atoms with Crippen molar-refractivity contribution in [1.29, 1.82) is 0 Å². The van der Waals surface area contributed by atoms with Crippen LogP contribution in [0.2, 0.25) is 0 Å². The van der Waals surface area contributed by atoms with E-state index < -0.39 is 0 Å². The maximum Gasteiger partial charge on any atom is 0.0373 e. The van der Waals surface area contributed by atoms with Gasteiger partial charge in [0.2, 0.25) is 0 Å². The Morgan fingerprint density at radius 1 is 0.295 bits per heavy atom. The summed E-state index contributed by atoms with van der Waals surface area (Å²) in [6, 6.07) is 52.3. The quantitative estimate of drug-likeness (QED) is 0.201. The molecular weight excluding hydrogens is 532 g/mol. The van der Waals surface area contributed by atoms with E-state index in [1.807, 2.05) is 26.2 Å². The fourth-order valence-electron chi connectivity index (χ4n) is 5.75. The molecule has 210 valence electrons. The maximum atomic E-state index is 4.50. The third-order valence-corrected chi connectivity index (χ3v) is 8.21. The third-order valence-electron chi connectivity index (χ3n) is 8.21. The molecule has 0 bridgehead atoms. The maximum absolute atomic E-state index is 4.50. The Hall–Kier alpha value is -5.60. The molecular formula is C42H32N2. The predicted octanol–water partition coefficient (Wildman–Crippen LogP) is 11.1. The van der Waals surface area contributed by atoms with E-state index in [0.717, 1.165) is 33.6 Å². The highest BCUT2D eigenvalue weighted by Gasteiger charge is 2.16. The van der Waals surface area contributed by atoms with E-state index in [4.69, 9.17) is 0 Å². The van der Waals surface area contributed by atoms with E-state index in [-0.39, 0.29) is 0 Å². The van der Waals surface area contributed by atoms with E-state index in [2.05, 4.69) is 156 Å². The summed E-state index contributed by atoms with van der Waals surface area (Å²) >= 11 is 0. The largest absolute Gasteiger partial charge is 0.261 e. The van der Waals surface area contributed by atoms with Gasteiger partial charge in [-0.05, 0) is 93.7 Å². The molecule has 0 fully saturated rings. The van der Waals surface area contributed by atoms with Crippen molar-refractivity contribution in [3.8, 4) is 66.8 Å². The average molecular weight is 565 g/mol. The lowest BCUT2D eigenvalue weighted by Crippen LogP contribution is -1.93. The Morgan fingerprint density at radius 3 is 0.909 bits per heavy atom. The first kappa shape index (κ1) is 27.2. The van der Waals surface area contributed by atoms with Crippen LogP contribution in [0.1, 0.15) is 11.4 Å². The van der Waals surface area contributed by atoms with Crippen LogP contribution in [-0.4, -0.2) is 9.97 Å². The molecule has 0 saturated carbocycles. The summed E-state index contributed by atoms with van der Waals surface area (Å²) in [5.74, 6) is 0. The van der Waals surface area contributed by atoms with Gasteiger partial charge in [0.1, 0.15) is 0 Å². The van der Waals surface area contributed by atoms with Gasteiger partial charge in [-0.15, -0.1) is 0 Å². The number of rotatable bonds is 6. The van der Waals surface area contributed by atoms with Gasteiger partial charge >= 0.3 is 0 Å². The van der Waals surface area contributed by atoms with E-state index in [0.29, 0.717) is 0 Å². The van der Waals surface area contributed by atoms with E-state index in [1.165, 1.54) is 44.5 Å². The zero-order valence-electron chi connectivity index (χ0n) is 24.9. The Balaban J connectivity index is 1.40.